The summed E-state index contributed by atoms with van der Waals surface area (Å²) in [5.74, 6) is 4.34. The molecule has 0 aliphatic heterocycles. The molecule has 96 valence electrons. The Bertz CT molecular complexity index is 430. The van der Waals surface area contributed by atoms with Crippen molar-refractivity contribution in [1.29, 1.82) is 0 Å². The van der Waals surface area contributed by atoms with Crippen LogP contribution in [0, 0.1) is 29.6 Å². The van der Waals surface area contributed by atoms with Gasteiger partial charge in [0, 0.05) is 17.8 Å². The van der Waals surface area contributed by atoms with Gasteiger partial charge in [0.2, 0.25) is 0 Å². The van der Waals surface area contributed by atoms with Crippen LogP contribution in [0.5, 0.6) is 0 Å². The predicted octanol–water partition coefficient (Wildman–Crippen LogP) is 2.84. The van der Waals surface area contributed by atoms with Crippen LogP contribution in [0.4, 0.5) is 0 Å². The molecule has 18 heavy (non-hydrogen) atoms. The average molecular weight is 243 g/mol. The minimum atomic E-state index is -0.182. The highest BCUT2D eigenvalue weighted by Crippen LogP contribution is 2.71. The molecule has 0 aromatic carbocycles. The van der Waals surface area contributed by atoms with Gasteiger partial charge in [-0.2, -0.15) is 0 Å². The molecule has 3 aliphatic carbocycles. The van der Waals surface area contributed by atoms with E-state index < -0.39 is 0 Å². The van der Waals surface area contributed by atoms with E-state index >= 15 is 0 Å². The van der Waals surface area contributed by atoms with Crippen LogP contribution in [-0.4, -0.2) is 16.2 Å². The summed E-state index contributed by atoms with van der Waals surface area (Å²) in [6.45, 7) is 2.13. The van der Waals surface area contributed by atoms with Crippen molar-refractivity contribution in [3.63, 3.8) is 0 Å². The molecule has 2 heteroatoms. The van der Waals surface area contributed by atoms with Crippen molar-refractivity contribution >= 4 is 0 Å². The lowest BCUT2D eigenvalue weighted by Crippen LogP contribution is -2.23. The van der Waals surface area contributed by atoms with Crippen molar-refractivity contribution < 1.29 is 5.11 Å². The maximum absolute atomic E-state index is 10.6. The van der Waals surface area contributed by atoms with E-state index in [1.807, 2.05) is 24.4 Å². The Morgan fingerprint density at radius 2 is 1.94 bits per heavy atom. The van der Waals surface area contributed by atoms with Crippen molar-refractivity contribution in [3.8, 4) is 0 Å². The number of aliphatic hydroxyl groups excluding tert-OH is 1. The summed E-state index contributed by atoms with van der Waals surface area (Å²) in [5.41, 5.74) is 1.04. The van der Waals surface area contributed by atoms with Gasteiger partial charge >= 0.3 is 0 Å². The van der Waals surface area contributed by atoms with Gasteiger partial charge in [0.05, 0.1) is 6.10 Å². The van der Waals surface area contributed by atoms with E-state index in [2.05, 4.69) is 11.9 Å². The van der Waals surface area contributed by atoms with Gasteiger partial charge in [-0.25, -0.2) is 0 Å². The lowest BCUT2D eigenvalue weighted by molar-refractivity contribution is 0.104. The minimum Gasteiger partial charge on any atom is -0.392 e. The van der Waals surface area contributed by atoms with E-state index in [4.69, 9.17) is 0 Å². The smallest absolute Gasteiger partial charge is 0.0655 e. The summed E-state index contributed by atoms with van der Waals surface area (Å²) >= 11 is 0. The Kier molecular flexibility index (Phi) is 2.32. The van der Waals surface area contributed by atoms with Gasteiger partial charge < -0.3 is 5.11 Å². The summed E-state index contributed by atoms with van der Waals surface area (Å²) in [6, 6.07) is 6.00. The summed E-state index contributed by atoms with van der Waals surface area (Å²) in [6.07, 6.45) is 5.95. The molecule has 3 saturated carbocycles. The Morgan fingerprint density at radius 3 is 2.56 bits per heavy atom. The van der Waals surface area contributed by atoms with Gasteiger partial charge in [-0.15, -0.1) is 0 Å². The molecule has 1 aromatic rings. The maximum atomic E-state index is 10.6. The second-order valence-electron chi connectivity index (χ2n) is 6.60. The molecule has 1 aromatic heterocycles. The number of pyridine rings is 1. The van der Waals surface area contributed by atoms with E-state index in [9.17, 15) is 5.11 Å². The number of hydrogen-bond acceptors (Lipinski definition) is 2. The lowest BCUT2D eigenvalue weighted by atomic mass is 9.90. The fourth-order valence-corrected chi connectivity index (χ4v) is 5.00. The van der Waals surface area contributed by atoms with E-state index in [1.54, 1.807) is 0 Å². The zero-order valence-corrected chi connectivity index (χ0v) is 10.9. The molecule has 2 bridgehead atoms. The number of nitrogens with zero attached hydrogens (tertiary/aromatic N) is 1. The van der Waals surface area contributed by atoms with Gasteiger partial charge in [0.15, 0.2) is 0 Å². The summed E-state index contributed by atoms with van der Waals surface area (Å²) < 4.78 is 0. The third kappa shape index (κ3) is 1.41. The van der Waals surface area contributed by atoms with E-state index in [0.29, 0.717) is 5.92 Å². The monoisotopic (exact) mass is 243 g/mol. The first kappa shape index (κ1) is 11.0. The number of rotatable bonds is 3. The molecule has 1 N–H and O–H groups in total. The number of aromatic nitrogens is 1. The first-order chi connectivity index (χ1) is 8.77. The molecule has 4 rings (SSSR count). The summed E-state index contributed by atoms with van der Waals surface area (Å²) in [4.78, 5) is 4.40. The normalized spacial score (nSPS) is 43.6. The molecular formula is C16H21NO. The van der Waals surface area contributed by atoms with Crippen molar-refractivity contribution in [2.24, 2.45) is 29.6 Å². The minimum absolute atomic E-state index is 0.182. The largest absolute Gasteiger partial charge is 0.392 e. The SMILES string of the molecule is CC(c1ccccn1)C(O)C1C2C3CCC(C3)C21. The van der Waals surface area contributed by atoms with Gasteiger partial charge in [0.25, 0.3) is 0 Å². The van der Waals surface area contributed by atoms with E-state index in [1.165, 1.54) is 19.3 Å². The topological polar surface area (TPSA) is 33.1 Å². The number of fused-ring (bicyclic) bond motifs is 5. The molecule has 3 aliphatic rings. The van der Waals surface area contributed by atoms with Gasteiger partial charge in [-0.3, -0.25) is 4.98 Å². The number of aliphatic hydroxyl groups is 1. The maximum Gasteiger partial charge on any atom is 0.0655 e. The van der Waals surface area contributed by atoms with Gasteiger partial charge in [-0.1, -0.05) is 13.0 Å². The van der Waals surface area contributed by atoms with Crippen molar-refractivity contribution in [1.82, 2.24) is 4.98 Å². The predicted molar refractivity (Wildman–Crippen MR) is 70.0 cm³/mol. The molecule has 1 heterocycles. The fraction of sp³-hybridized carbons (Fsp3) is 0.688. The van der Waals surface area contributed by atoms with E-state index in [0.717, 1.165) is 29.4 Å². The molecule has 0 radical (unpaired) electrons. The van der Waals surface area contributed by atoms with Crippen molar-refractivity contribution in [2.75, 3.05) is 0 Å². The van der Waals surface area contributed by atoms with Crippen LogP contribution in [0.2, 0.25) is 0 Å². The fourth-order valence-electron chi connectivity index (χ4n) is 5.00. The molecule has 2 nitrogen and oxygen atoms in total. The van der Waals surface area contributed by atoms with Crippen LogP contribution < -0.4 is 0 Å². The van der Waals surface area contributed by atoms with Crippen molar-refractivity contribution in [2.45, 2.75) is 38.2 Å². The lowest BCUT2D eigenvalue weighted by Gasteiger charge is -2.21. The Morgan fingerprint density at radius 1 is 1.22 bits per heavy atom. The molecule has 0 spiro atoms. The van der Waals surface area contributed by atoms with Crippen LogP contribution in [-0.2, 0) is 0 Å². The zero-order chi connectivity index (χ0) is 12.3. The van der Waals surface area contributed by atoms with Crippen molar-refractivity contribution in [3.05, 3.63) is 30.1 Å². The second-order valence-corrected chi connectivity index (χ2v) is 6.60. The Labute approximate surface area is 108 Å². The van der Waals surface area contributed by atoms with Crippen LogP contribution in [0.3, 0.4) is 0 Å². The number of hydrogen-bond donors (Lipinski definition) is 1. The standard InChI is InChI=1S/C16H21NO/c1-9(12-4-2-3-7-17-12)16(18)15-13-10-5-6-11(8-10)14(13)15/h2-4,7,9-11,13-16,18H,5-6,8H2,1H3. The zero-order valence-electron chi connectivity index (χ0n) is 10.9. The van der Waals surface area contributed by atoms with Crippen LogP contribution in [0.25, 0.3) is 0 Å². The summed E-state index contributed by atoms with van der Waals surface area (Å²) in [5, 5.41) is 10.6. The van der Waals surface area contributed by atoms with Crippen LogP contribution >= 0.6 is 0 Å². The third-order valence-corrected chi connectivity index (χ3v) is 5.86. The Balaban J connectivity index is 1.50. The highest BCUT2D eigenvalue weighted by Gasteiger charge is 2.67. The molecule has 0 amide bonds. The van der Waals surface area contributed by atoms with Gasteiger partial charge in [0.1, 0.15) is 0 Å². The first-order valence-electron chi connectivity index (χ1n) is 7.36. The third-order valence-electron chi connectivity index (χ3n) is 5.86. The molecule has 0 saturated heterocycles. The average Bonchev–Trinajstić information content (AvgIpc) is 2.85. The Hall–Kier alpha value is -0.890. The second kappa shape index (κ2) is 3.80. The first-order valence-corrected chi connectivity index (χ1v) is 7.36. The van der Waals surface area contributed by atoms with Crippen LogP contribution in [0.15, 0.2) is 24.4 Å². The quantitative estimate of drug-likeness (QED) is 0.885. The molecule has 6 unspecified atom stereocenters. The molecule has 6 atom stereocenters. The molecule has 3 fully saturated rings. The highest BCUT2D eigenvalue weighted by atomic mass is 16.3. The summed E-state index contributed by atoms with van der Waals surface area (Å²) in [7, 11) is 0. The van der Waals surface area contributed by atoms with Gasteiger partial charge in [-0.05, 0) is 61.0 Å². The van der Waals surface area contributed by atoms with E-state index in [-0.39, 0.29) is 12.0 Å². The molecular weight excluding hydrogens is 222 g/mol. The van der Waals surface area contributed by atoms with Crippen LogP contribution in [0.1, 0.15) is 37.8 Å². The highest BCUT2D eigenvalue weighted by molar-refractivity contribution is 5.19.